The van der Waals surface area contributed by atoms with Crippen LogP contribution in [-0.2, 0) is 9.59 Å². The van der Waals surface area contributed by atoms with Crippen molar-refractivity contribution in [3.8, 4) is 0 Å². The molecule has 0 spiro atoms. The lowest BCUT2D eigenvalue weighted by Crippen LogP contribution is -2.39. The van der Waals surface area contributed by atoms with E-state index in [1.54, 1.807) is 0 Å². The highest BCUT2D eigenvalue weighted by molar-refractivity contribution is 5.80. The highest BCUT2D eigenvalue weighted by Gasteiger charge is 2.12. The molecule has 2 N–H and O–H groups in total. The highest BCUT2D eigenvalue weighted by atomic mass is 16.4. The van der Waals surface area contributed by atoms with E-state index in [1.807, 2.05) is 23.9 Å². The fourth-order valence-corrected chi connectivity index (χ4v) is 3.09. The Bertz CT molecular complexity index is 509. The molecule has 0 aromatic carbocycles. The average Bonchev–Trinajstić information content (AvgIpc) is 2.72. The molecule has 0 radical (unpaired) electrons. The maximum Gasteiger partial charge on any atom is 0.322 e. The highest BCUT2D eigenvalue weighted by Crippen LogP contribution is 2.07. The molecule has 0 aliphatic carbocycles. The van der Waals surface area contributed by atoms with Crippen molar-refractivity contribution in [3.05, 3.63) is 12.2 Å². The van der Waals surface area contributed by atoms with Crippen LogP contribution >= 0.6 is 0 Å². The SMILES string of the molecule is CCCCCN(C)C(=O)N(C)CCCCC=CCCCCCCC(=O)NCC(=O)O. The van der Waals surface area contributed by atoms with Crippen molar-refractivity contribution in [1.82, 2.24) is 15.1 Å². The van der Waals surface area contributed by atoms with Crippen LogP contribution in [0.2, 0.25) is 0 Å². The first kappa shape index (κ1) is 27.9. The second-order valence-corrected chi connectivity index (χ2v) is 7.92. The molecular formula is C23H43N3O4. The minimum atomic E-state index is -1.01. The van der Waals surface area contributed by atoms with Crippen molar-refractivity contribution in [2.24, 2.45) is 0 Å². The predicted octanol–water partition coefficient (Wildman–Crippen LogP) is 4.43. The third kappa shape index (κ3) is 16.9. The summed E-state index contributed by atoms with van der Waals surface area (Å²) < 4.78 is 0. The number of aliphatic carboxylic acids is 1. The number of carbonyl (C=O) groups excluding carboxylic acids is 2. The maximum atomic E-state index is 12.2. The summed E-state index contributed by atoms with van der Waals surface area (Å²) in [5.74, 6) is -1.20. The normalized spacial score (nSPS) is 10.9. The van der Waals surface area contributed by atoms with Gasteiger partial charge in [-0.05, 0) is 44.9 Å². The number of urea groups is 1. The van der Waals surface area contributed by atoms with Gasteiger partial charge in [0.1, 0.15) is 6.54 Å². The summed E-state index contributed by atoms with van der Waals surface area (Å²) in [6.07, 6.45) is 16.4. The van der Waals surface area contributed by atoms with Gasteiger partial charge in [0.2, 0.25) is 5.91 Å². The van der Waals surface area contributed by atoms with Gasteiger partial charge in [-0.1, -0.05) is 44.8 Å². The minimum Gasteiger partial charge on any atom is -0.480 e. The number of amides is 3. The standard InChI is InChI=1S/C23H43N3O4/c1-4-5-15-18-25(2)23(30)26(3)19-16-13-11-9-7-6-8-10-12-14-17-21(27)24-20-22(28)29/h7,9H,4-6,8,10-20H2,1-3H3,(H,24,27)(H,28,29). The van der Waals surface area contributed by atoms with Crippen molar-refractivity contribution in [1.29, 1.82) is 0 Å². The van der Waals surface area contributed by atoms with Crippen molar-refractivity contribution in [2.75, 3.05) is 33.7 Å². The van der Waals surface area contributed by atoms with Crippen LogP contribution < -0.4 is 5.32 Å². The van der Waals surface area contributed by atoms with Crippen LogP contribution in [0.5, 0.6) is 0 Å². The molecule has 3 amide bonds. The first-order valence-corrected chi connectivity index (χ1v) is 11.5. The first-order valence-electron chi connectivity index (χ1n) is 11.5. The predicted molar refractivity (Wildman–Crippen MR) is 122 cm³/mol. The lowest BCUT2D eigenvalue weighted by molar-refractivity contribution is -0.137. The van der Waals surface area contributed by atoms with E-state index in [1.165, 1.54) is 12.8 Å². The largest absolute Gasteiger partial charge is 0.480 e. The van der Waals surface area contributed by atoms with Crippen LogP contribution in [0.4, 0.5) is 4.79 Å². The molecule has 0 aromatic heterocycles. The zero-order chi connectivity index (χ0) is 22.6. The summed E-state index contributed by atoms with van der Waals surface area (Å²) in [5.41, 5.74) is 0. The molecule has 0 bridgehead atoms. The Morgan fingerprint density at radius 1 is 0.800 bits per heavy atom. The topological polar surface area (TPSA) is 90.0 Å². The van der Waals surface area contributed by atoms with Crippen LogP contribution in [0.1, 0.15) is 84.0 Å². The second-order valence-electron chi connectivity index (χ2n) is 7.92. The van der Waals surface area contributed by atoms with E-state index < -0.39 is 5.97 Å². The number of carboxylic acid groups (broad SMARTS) is 1. The van der Waals surface area contributed by atoms with Gasteiger partial charge in [-0.2, -0.15) is 0 Å². The first-order chi connectivity index (χ1) is 14.4. The molecule has 0 saturated heterocycles. The van der Waals surface area contributed by atoms with Crippen LogP contribution in [0.15, 0.2) is 12.2 Å². The molecule has 7 heteroatoms. The smallest absolute Gasteiger partial charge is 0.322 e. The van der Waals surface area contributed by atoms with Gasteiger partial charge < -0.3 is 20.2 Å². The number of unbranched alkanes of at least 4 members (excludes halogenated alkanes) is 8. The molecule has 7 nitrogen and oxygen atoms in total. The average molecular weight is 426 g/mol. The lowest BCUT2D eigenvalue weighted by Gasteiger charge is -2.24. The fraction of sp³-hybridized carbons (Fsp3) is 0.783. The van der Waals surface area contributed by atoms with E-state index in [0.29, 0.717) is 6.42 Å². The molecule has 0 fully saturated rings. The molecule has 0 rings (SSSR count). The fourth-order valence-electron chi connectivity index (χ4n) is 3.09. The Morgan fingerprint density at radius 3 is 1.90 bits per heavy atom. The molecule has 0 saturated carbocycles. The monoisotopic (exact) mass is 425 g/mol. The molecule has 0 aliphatic heterocycles. The summed E-state index contributed by atoms with van der Waals surface area (Å²) in [4.78, 5) is 37.6. The quantitative estimate of drug-likeness (QED) is 0.251. The van der Waals surface area contributed by atoms with Gasteiger partial charge in [0.05, 0.1) is 0 Å². The molecule has 0 atom stereocenters. The molecule has 174 valence electrons. The molecule has 30 heavy (non-hydrogen) atoms. The maximum absolute atomic E-state index is 12.2. The van der Waals surface area contributed by atoms with Gasteiger partial charge in [0.15, 0.2) is 0 Å². The van der Waals surface area contributed by atoms with Gasteiger partial charge in [0, 0.05) is 33.6 Å². The molecule has 0 aliphatic rings. The number of nitrogens with zero attached hydrogens (tertiary/aromatic N) is 2. The van der Waals surface area contributed by atoms with Crippen molar-refractivity contribution < 1.29 is 19.5 Å². The number of carbonyl (C=O) groups is 3. The Morgan fingerprint density at radius 2 is 1.33 bits per heavy atom. The van der Waals surface area contributed by atoms with E-state index in [0.717, 1.165) is 70.9 Å². The van der Waals surface area contributed by atoms with Gasteiger partial charge in [0.25, 0.3) is 0 Å². The summed E-state index contributed by atoms with van der Waals surface area (Å²) in [6, 6.07) is 0.112. The van der Waals surface area contributed by atoms with Crippen molar-refractivity contribution >= 4 is 17.9 Å². The summed E-state index contributed by atoms with van der Waals surface area (Å²) in [6.45, 7) is 3.49. The van der Waals surface area contributed by atoms with Crippen LogP contribution in [0, 0.1) is 0 Å². The van der Waals surface area contributed by atoms with Crippen molar-refractivity contribution in [2.45, 2.75) is 84.0 Å². The molecular weight excluding hydrogens is 382 g/mol. The van der Waals surface area contributed by atoms with Crippen LogP contribution in [0.3, 0.4) is 0 Å². The summed E-state index contributed by atoms with van der Waals surface area (Å²) >= 11 is 0. The van der Waals surface area contributed by atoms with Gasteiger partial charge in [-0.3, -0.25) is 9.59 Å². The van der Waals surface area contributed by atoms with E-state index in [2.05, 4.69) is 24.4 Å². The Balaban J connectivity index is 3.55. The number of carboxylic acids is 1. The molecule has 0 aromatic rings. The summed E-state index contributed by atoms with van der Waals surface area (Å²) in [7, 11) is 3.76. The number of allylic oxidation sites excluding steroid dienone is 2. The zero-order valence-electron chi connectivity index (χ0n) is 19.3. The van der Waals surface area contributed by atoms with E-state index in [4.69, 9.17) is 5.11 Å². The zero-order valence-corrected chi connectivity index (χ0v) is 19.3. The van der Waals surface area contributed by atoms with E-state index in [-0.39, 0.29) is 18.5 Å². The number of rotatable bonds is 18. The minimum absolute atomic E-state index is 0.112. The van der Waals surface area contributed by atoms with E-state index >= 15 is 0 Å². The van der Waals surface area contributed by atoms with Crippen LogP contribution in [-0.4, -0.2) is 66.5 Å². The van der Waals surface area contributed by atoms with Gasteiger partial charge in [-0.25, -0.2) is 4.79 Å². The van der Waals surface area contributed by atoms with Crippen molar-refractivity contribution in [3.63, 3.8) is 0 Å². The third-order valence-corrected chi connectivity index (χ3v) is 4.99. The van der Waals surface area contributed by atoms with Gasteiger partial charge in [-0.15, -0.1) is 0 Å². The summed E-state index contributed by atoms with van der Waals surface area (Å²) in [5, 5.41) is 10.9. The number of nitrogens with one attached hydrogen (secondary N) is 1. The number of hydrogen-bond donors (Lipinski definition) is 2. The Hall–Kier alpha value is -2.05. The molecule has 0 heterocycles. The molecule has 0 unspecified atom stereocenters. The number of hydrogen-bond acceptors (Lipinski definition) is 3. The Labute approximate surface area is 182 Å². The second kappa shape index (κ2) is 18.9. The van der Waals surface area contributed by atoms with Crippen LogP contribution in [0.25, 0.3) is 0 Å². The third-order valence-electron chi connectivity index (χ3n) is 4.99. The Kier molecular flexibility index (Phi) is 17.7. The lowest BCUT2D eigenvalue weighted by atomic mass is 10.1. The van der Waals surface area contributed by atoms with Gasteiger partial charge >= 0.3 is 12.0 Å². The van der Waals surface area contributed by atoms with E-state index in [9.17, 15) is 14.4 Å².